The molecule has 0 aromatic heterocycles. The number of halogens is 2. The van der Waals surface area contributed by atoms with Gasteiger partial charge >= 0.3 is 0 Å². The molecule has 2 amide bonds. The van der Waals surface area contributed by atoms with Crippen molar-refractivity contribution in [3.8, 4) is 0 Å². The van der Waals surface area contributed by atoms with Gasteiger partial charge < -0.3 is 0 Å². The smallest absolute Gasteiger partial charge is 0.274 e. The first-order valence-electron chi connectivity index (χ1n) is 5.53. The molecule has 1 aliphatic heterocycles. The Labute approximate surface area is 113 Å². The molecule has 0 spiro atoms. The molecule has 0 radical (unpaired) electrons. The lowest BCUT2D eigenvalue weighted by Gasteiger charge is -2.11. The molecule has 0 fully saturated rings. The fourth-order valence-corrected chi connectivity index (χ4v) is 1.92. The maximum absolute atomic E-state index is 12.8. The topological polar surface area (TPSA) is 54.5 Å². The van der Waals surface area contributed by atoms with E-state index in [-0.39, 0.29) is 13.0 Å². The van der Waals surface area contributed by atoms with Crippen LogP contribution in [-0.2, 0) is 4.79 Å². The second-order valence-corrected chi connectivity index (χ2v) is 4.27. The van der Waals surface area contributed by atoms with Gasteiger partial charge in [-0.15, -0.1) is 0 Å². The fraction of sp³-hybridized carbons (Fsp3) is 0.154. The second-order valence-electron chi connectivity index (χ2n) is 3.92. The van der Waals surface area contributed by atoms with E-state index in [1.165, 1.54) is 0 Å². The van der Waals surface area contributed by atoms with E-state index in [4.69, 9.17) is 11.6 Å². The molecule has 0 saturated heterocycles. The second kappa shape index (κ2) is 5.32. The summed E-state index contributed by atoms with van der Waals surface area (Å²) in [7, 11) is 0. The molecule has 0 unspecified atom stereocenters. The zero-order valence-corrected chi connectivity index (χ0v) is 10.5. The van der Waals surface area contributed by atoms with E-state index < -0.39 is 22.9 Å². The van der Waals surface area contributed by atoms with Gasteiger partial charge in [-0.1, -0.05) is 12.1 Å². The first-order valence-corrected chi connectivity index (χ1v) is 5.91. The van der Waals surface area contributed by atoms with Crippen molar-refractivity contribution >= 4 is 28.7 Å². The zero-order chi connectivity index (χ0) is 14.0. The van der Waals surface area contributed by atoms with Crippen LogP contribution in [0.3, 0.4) is 0 Å². The minimum Gasteiger partial charge on any atom is -0.274 e. The number of carbonyl (C=O) groups excluding carboxylic acids is 3. The number of nitrogens with zero attached hydrogens (tertiary/aromatic N) is 1. The Morgan fingerprint density at radius 2 is 1.74 bits per heavy atom. The number of amides is 2. The number of hydrogen-bond donors (Lipinski definition) is 0. The van der Waals surface area contributed by atoms with Gasteiger partial charge in [0.15, 0.2) is 5.83 Å². The predicted octanol–water partition coefficient (Wildman–Crippen LogP) is 2.29. The number of fused-ring (bicyclic) bond motifs is 1. The van der Waals surface area contributed by atoms with Crippen molar-refractivity contribution in [3.63, 3.8) is 0 Å². The van der Waals surface area contributed by atoms with E-state index in [0.717, 1.165) is 11.0 Å². The molecule has 1 heterocycles. The quantitative estimate of drug-likeness (QED) is 0.483. The molecule has 19 heavy (non-hydrogen) atoms. The summed E-state index contributed by atoms with van der Waals surface area (Å²) in [5.41, 5.74) is 0.677. The average molecular weight is 282 g/mol. The highest BCUT2D eigenvalue weighted by Crippen LogP contribution is 2.22. The Balaban J connectivity index is 2.09. The highest BCUT2D eigenvalue weighted by molar-refractivity contribution is 6.67. The summed E-state index contributed by atoms with van der Waals surface area (Å²) in [6, 6.07) is 6.46. The SMILES string of the molecule is O=C(Cl)/C(F)=C/CCN1C(=O)c2ccccc2C1=O. The van der Waals surface area contributed by atoms with Crippen LogP contribution in [0.1, 0.15) is 27.1 Å². The van der Waals surface area contributed by atoms with Gasteiger partial charge in [0.05, 0.1) is 11.1 Å². The maximum atomic E-state index is 12.8. The highest BCUT2D eigenvalue weighted by Gasteiger charge is 2.34. The Morgan fingerprint density at radius 3 is 2.21 bits per heavy atom. The van der Waals surface area contributed by atoms with Gasteiger partial charge in [0.2, 0.25) is 0 Å². The molecular formula is C13H9ClFNO3. The van der Waals surface area contributed by atoms with Crippen LogP contribution < -0.4 is 0 Å². The number of hydrogen-bond acceptors (Lipinski definition) is 3. The molecule has 1 aromatic carbocycles. The molecule has 4 nitrogen and oxygen atoms in total. The van der Waals surface area contributed by atoms with E-state index in [1.807, 2.05) is 0 Å². The van der Waals surface area contributed by atoms with E-state index >= 15 is 0 Å². The average Bonchev–Trinajstić information content (AvgIpc) is 2.64. The molecule has 0 N–H and O–H groups in total. The highest BCUT2D eigenvalue weighted by atomic mass is 35.5. The third-order valence-electron chi connectivity index (χ3n) is 2.74. The normalized spacial score (nSPS) is 14.8. The third kappa shape index (κ3) is 2.56. The third-order valence-corrected chi connectivity index (χ3v) is 2.92. The van der Waals surface area contributed by atoms with Gasteiger partial charge in [0, 0.05) is 6.54 Å². The standard InChI is InChI=1S/C13H9ClFNO3/c14-11(17)10(15)6-3-7-16-12(18)8-4-1-2-5-9(8)13(16)19/h1-2,4-6H,3,7H2/b10-6-. The fourth-order valence-electron chi connectivity index (χ4n) is 1.84. The summed E-state index contributed by atoms with van der Waals surface area (Å²) in [6.45, 7) is 0.00390. The van der Waals surface area contributed by atoms with E-state index in [2.05, 4.69) is 0 Å². The summed E-state index contributed by atoms with van der Waals surface area (Å²) in [5.74, 6) is -1.91. The van der Waals surface area contributed by atoms with E-state index in [0.29, 0.717) is 11.1 Å². The molecule has 0 saturated carbocycles. The van der Waals surface area contributed by atoms with Gasteiger partial charge in [-0.3, -0.25) is 19.3 Å². The Hall–Kier alpha value is -2.01. The lowest BCUT2D eigenvalue weighted by molar-refractivity contribution is -0.109. The molecular weight excluding hydrogens is 273 g/mol. The monoisotopic (exact) mass is 281 g/mol. The van der Waals surface area contributed by atoms with Crippen molar-refractivity contribution in [1.82, 2.24) is 4.90 Å². The van der Waals surface area contributed by atoms with Gasteiger partial charge in [0.1, 0.15) is 0 Å². The van der Waals surface area contributed by atoms with Crippen LogP contribution in [0, 0.1) is 0 Å². The largest absolute Gasteiger partial charge is 0.280 e. The van der Waals surface area contributed by atoms with Crippen molar-refractivity contribution in [1.29, 1.82) is 0 Å². The van der Waals surface area contributed by atoms with E-state index in [1.54, 1.807) is 24.3 Å². The van der Waals surface area contributed by atoms with Crippen LogP contribution in [0.2, 0.25) is 0 Å². The molecule has 1 aromatic rings. The van der Waals surface area contributed by atoms with Crippen molar-refractivity contribution < 1.29 is 18.8 Å². The Bertz CT molecular complexity index is 562. The van der Waals surface area contributed by atoms with Crippen LogP contribution in [0.4, 0.5) is 4.39 Å². The first kappa shape index (κ1) is 13.4. The summed E-state index contributed by atoms with van der Waals surface area (Å²) in [5, 5.41) is -1.19. The van der Waals surface area contributed by atoms with Crippen molar-refractivity contribution in [2.24, 2.45) is 0 Å². The van der Waals surface area contributed by atoms with Crippen LogP contribution in [-0.4, -0.2) is 28.5 Å². The molecule has 0 bridgehead atoms. The summed E-state index contributed by atoms with van der Waals surface area (Å²) < 4.78 is 12.8. The maximum Gasteiger partial charge on any atom is 0.280 e. The zero-order valence-electron chi connectivity index (χ0n) is 9.73. The Kier molecular flexibility index (Phi) is 3.76. The van der Waals surface area contributed by atoms with Crippen LogP contribution >= 0.6 is 11.6 Å². The summed E-state index contributed by atoms with van der Waals surface area (Å²) >= 11 is 4.92. The molecule has 2 rings (SSSR count). The number of rotatable bonds is 4. The van der Waals surface area contributed by atoms with Gasteiger partial charge in [-0.25, -0.2) is 4.39 Å². The van der Waals surface area contributed by atoms with Crippen LogP contribution in [0.25, 0.3) is 0 Å². The van der Waals surface area contributed by atoms with Crippen molar-refractivity contribution in [2.45, 2.75) is 6.42 Å². The Morgan fingerprint density at radius 1 is 1.21 bits per heavy atom. The van der Waals surface area contributed by atoms with Crippen molar-refractivity contribution in [2.75, 3.05) is 6.54 Å². The predicted molar refractivity (Wildman–Crippen MR) is 66.5 cm³/mol. The molecule has 0 atom stereocenters. The molecule has 98 valence electrons. The van der Waals surface area contributed by atoms with E-state index in [9.17, 15) is 18.8 Å². The minimum atomic E-state index is -1.19. The number of benzene rings is 1. The number of allylic oxidation sites excluding steroid dienone is 1. The molecule has 1 aliphatic rings. The number of carbonyl (C=O) groups is 3. The van der Waals surface area contributed by atoms with Crippen LogP contribution in [0.15, 0.2) is 36.2 Å². The first-order chi connectivity index (χ1) is 9.02. The molecule has 6 heteroatoms. The summed E-state index contributed by atoms with van der Waals surface area (Å²) in [6.07, 6.45) is 0.995. The lowest BCUT2D eigenvalue weighted by atomic mass is 10.1. The lowest BCUT2D eigenvalue weighted by Crippen LogP contribution is -2.30. The van der Waals surface area contributed by atoms with Crippen LogP contribution in [0.5, 0.6) is 0 Å². The van der Waals surface area contributed by atoms with Gasteiger partial charge in [-0.2, -0.15) is 0 Å². The minimum absolute atomic E-state index is 0.00390. The molecule has 0 aliphatic carbocycles. The van der Waals surface area contributed by atoms with Gasteiger partial charge in [0.25, 0.3) is 17.1 Å². The van der Waals surface area contributed by atoms with Crippen molar-refractivity contribution in [3.05, 3.63) is 47.3 Å². The number of imide groups is 1. The summed E-state index contributed by atoms with van der Waals surface area (Å²) in [4.78, 5) is 35.3. The van der Waals surface area contributed by atoms with Gasteiger partial charge in [-0.05, 0) is 36.2 Å².